The van der Waals surface area contributed by atoms with Crippen LogP contribution in [0.15, 0.2) is 57.1 Å². The standard InChI is InChI=1S/C23H23N5O2S/c1-13-10-14(2)20(15(3)11-13)25-26-21-16(4)27-28(22(21)29)23-24-19(12-31-23)17-6-8-18(30-5)9-7-17/h6-12,21H,1-5H3/t21-/m1/s1. The number of anilines is 1. The number of carbonyl (C=O) groups excluding carboxylic acids is 1. The van der Waals surface area contributed by atoms with E-state index in [1.165, 1.54) is 21.9 Å². The molecule has 3 aromatic rings. The molecule has 0 aliphatic carbocycles. The fourth-order valence-electron chi connectivity index (χ4n) is 3.53. The van der Waals surface area contributed by atoms with Crippen molar-refractivity contribution in [3.8, 4) is 17.0 Å². The van der Waals surface area contributed by atoms with E-state index in [0.29, 0.717) is 10.8 Å². The highest BCUT2D eigenvalue weighted by Gasteiger charge is 2.36. The van der Waals surface area contributed by atoms with Gasteiger partial charge in [0.1, 0.15) is 5.75 Å². The van der Waals surface area contributed by atoms with Gasteiger partial charge in [-0.05, 0) is 63.1 Å². The van der Waals surface area contributed by atoms with Gasteiger partial charge in [0.2, 0.25) is 5.13 Å². The molecule has 0 saturated carbocycles. The highest BCUT2D eigenvalue weighted by atomic mass is 32.1. The minimum absolute atomic E-state index is 0.251. The van der Waals surface area contributed by atoms with Crippen molar-refractivity contribution in [3.05, 3.63) is 58.5 Å². The molecule has 0 saturated heterocycles. The SMILES string of the molecule is COc1ccc(-c2csc(N3N=C(C)[C@@H](N=Nc4c(C)cc(C)cc4C)C3=O)n2)cc1. The van der Waals surface area contributed by atoms with Gasteiger partial charge >= 0.3 is 0 Å². The smallest absolute Gasteiger partial charge is 0.282 e. The van der Waals surface area contributed by atoms with E-state index in [1.807, 2.05) is 50.4 Å². The van der Waals surface area contributed by atoms with E-state index in [9.17, 15) is 4.79 Å². The van der Waals surface area contributed by atoms with Crippen LogP contribution in [0.5, 0.6) is 5.75 Å². The number of nitrogens with zero attached hydrogens (tertiary/aromatic N) is 5. The van der Waals surface area contributed by atoms with Crippen molar-refractivity contribution >= 4 is 33.8 Å². The normalized spacial score (nSPS) is 16.3. The number of aryl methyl sites for hydroxylation is 3. The van der Waals surface area contributed by atoms with Crippen molar-refractivity contribution < 1.29 is 9.53 Å². The first-order valence-corrected chi connectivity index (χ1v) is 10.7. The predicted molar refractivity (Wildman–Crippen MR) is 124 cm³/mol. The molecule has 8 heteroatoms. The minimum Gasteiger partial charge on any atom is -0.497 e. The maximum Gasteiger partial charge on any atom is 0.282 e. The number of benzene rings is 2. The summed E-state index contributed by atoms with van der Waals surface area (Å²) < 4.78 is 5.20. The summed E-state index contributed by atoms with van der Waals surface area (Å²) in [6, 6.07) is 11.0. The topological polar surface area (TPSA) is 79.5 Å². The van der Waals surface area contributed by atoms with E-state index < -0.39 is 6.04 Å². The maximum absolute atomic E-state index is 13.0. The monoisotopic (exact) mass is 433 g/mol. The minimum atomic E-state index is -0.742. The van der Waals surface area contributed by atoms with E-state index in [4.69, 9.17) is 4.74 Å². The Morgan fingerprint density at radius 1 is 1.06 bits per heavy atom. The molecule has 0 radical (unpaired) electrons. The molecule has 1 aromatic heterocycles. The molecule has 2 heterocycles. The number of aromatic nitrogens is 1. The molecule has 1 amide bonds. The summed E-state index contributed by atoms with van der Waals surface area (Å²) in [7, 11) is 1.63. The largest absolute Gasteiger partial charge is 0.497 e. The summed E-state index contributed by atoms with van der Waals surface area (Å²) in [5.74, 6) is 0.528. The van der Waals surface area contributed by atoms with Gasteiger partial charge in [0.15, 0.2) is 6.04 Å². The van der Waals surface area contributed by atoms with Gasteiger partial charge in [0, 0.05) is 10.9 Å². The average Bonchev–Trinajstić information content (AvgIpc) is 3.33. The number of rotatable bonds is 5. The summed E-state index contributed by atoms with van der Waals surface area (Å²) in [4.78, 5) is 17.6. The van der Waals surface area contributed by atoms with E-state index in [-0.39, 0.29) is 5.91 Å². The second-order valence-corrected chi connectivity index (χ2v) is 8.34. The third kappa shape index (κ3) is 4.11. The zero-order chi connectivity index (χ0) is 22.1. The lowest BCUT2D eigenvalue weighted by Crippen LogP contribution is -2.29. The van der Waals surface area contributed by atoms with Gasteiger partial charge in [-0.15, -0.1) is 11.3 Å². The van der Waals surface area contributed by atoms with Gasteiger partial charge < -0.3 is 4.74 Å². The molecule has 31 heavy (non-hydrogen) atoms. The Labute approximate surface area is 185 Å². The number of carbonyl (C=O) groups is 1. The molecule has 158 valence electrons. The zero-order valence-corrected chi connectivity index (χ0v) is 18.9. The first-order chi connectivity index (χ1) is 14.9. The van der Waals surface area contributed by atoms with Gasteiger partial charge in [-0.2, -0.15) is 20.3 Å². The third-order valence-corrected chi connectivity index (χ3v) is 5.88. The van der Waals surface area contributed by atoms with Crippen LogP contribution in [0.2, 0.25) is 0 Å². The molecule has 2 aromatic carbocycles. The molecule has 1 aliphatic heterocycles. The molecule has 0 unspecified atom stereocenters. The molecule has 7 nitrogen and oxygen atoms in total. The van der Waals surface area contributed by atoms with Crippen LogP contribution in [0.1, 0.15) is 23.6 Å². The van der Waals surface area contributed by atoms with Crippen molar-refractivity contribution in [3.63, 3.8) is 0 Å². The van der Waals surface area contributed by atoms with Crippen LogP contribution >= 0.6 is 11.3 Å². The number of methoxy groups -OCH3 is 1. The Kier molecular flexibility index (Phi) is 5.65. The van der Waals surface area contributed by atoms with E-state index in [2.05, 4.69) is 32.4 Å². The Hall–Kier alpha value is -3.39. The lowest BCUT2D eigenvalue weighted by molar-refractivity contribution is -0.117. The van der Waals surface area contributed by atoms with Crippen LogP contribution in [0, 0.1) is 20.8 Å². The Bertz CT molecular complexity index is 1170. The van der Waals surface area contributed by atoms with Crippen LogP contribution in [-0.4, -0.2) is 29.8 Å². The van der Waals surface area contributed by atoms with Crippen LogP contribution in [0.3, 0.4) is 0 Å². The molecular formula is C23H23N5O2S. The van der Waals surface area contributed by atoms with Crippen LogP contribution < -0.4 is 9.75 Å². The van der Waals surface area contributed by atoms with Gasteiger partial charge in [-0.25, -0.2) is 4.98 Å². The summed E-state index contributed by atoms with van der Waals surface area (Å²) in [6.07, 6.45) is 0. The van der Waals surface area contributed by atoms with Gasteiger partial charge in [0.05, 0.1) is 24.2 Å². The summed E-state index contributed by atoms with van der Waals surface area (Å²) >= 11 is 1.36. The van der Waals surface area contributed by atoms with Gasteiger partial charge in [-0.3, -0.25) is 4.79 Å². The number of hydrogen-bond acceptors (Lipinski definition) is 7. The highest BCUT2D eigenvalue weighted by Crippen LogP contribution is 2.32. The second-order valence-electron chi connectivity index (χ2n) is 7.50. The van der Waals surface area contributed by atoms with Gasteiger partial charge in [-0.1, -0.05) is 17.7 Å². The van der Waals surface area contributed by atoms with E-state index >= 15 is 0 Å². The molecule has 1 atom stereocenters. The van der Waals surface area contributed by atoms with Crippen molar-refractivity contribution in [2.24, 2.45) is 15.3 Å². The number of azo groups is 1. The summed E-state index contributed by atoms with van der Waals surface area (Å²) in [5.41, 5.74) is 6.34. The van der Waals surface area contributed by atoms with Crippen LogP contribution in [0.4, 0.5) is 10.8 Å². The van der Waals surface area contributed by atoms with E-state index in [1.54, 1.807) is 14.0 Å². The third-order valence-electron chi connectivity index (χ3n) is 5.06. The molecular weight excluding hydrogens is 410 g/mol. The fourth-order valence-corrected chi connectivity index (χ4v) is 4.32. The fraction of sp³-hybridized carbons (Fsp3) is 0.261. The molecule has 1 aliphatic rings. The lowest BCUT2D eigenvalue weighted by Gasteiger charge is -2.09. The Morgan fingerprint density at radius 2 is 1.74 bits per heavy atom. The van der Waals surface area contributed by atoms with Gasteiger partial charge in [0.25, 0.3) is 5.91 Å². The first kappa shape index (κ1) is 20.9. The number of hydrogen-bond donors (Lipinski definition) is 0. The Balaban J connectivity index is 1.55. The molecule has 0 bridgehead atoms. The van der Waals surface area contributed by atoms with Crippen molar-refractivity contribution in [2.45, 2.75) is 33.7 Å². The van der Waals surface area contributed by atoms with Crippen molar-refractivity contribution in [1.29, 1.82) is 0 Å². The maximum atomic E-state index is 13.0. The lowest BCUT2D eigenvalue weighted by atomic mass is 10.1. The van der Waals surface area contributed by atoms with Crippen molar-refractivity contribution in [2.75, 3.05) is 12.1 Å². The predicted octanol–water partition coefficient (Wildman–Crippen LogP) is 5.62. The van der Waals surface area contributed by atoms with Crippen molar-refractivity contribution in [1.82, 2.24) is 4.98 Å². The molecule has 0 spiro atoms. The number of hydrazone groups is 1. The number of thiazole rings is 1. The molecule has 0 N–H and O–H groups in total. The zero-order valence-electron chi connectivity index (χ0n) is 18.1. The van der Waals surface area contributed by atoms with Crippen LogP contribution in [0.25, 0.3) is 11.3 Å². The van der Waals surface area contributed by atoms with E-state index in [0.717, 1.165) is 33.8 Å². The first-order valence-electron chi connectivity index (χ1n) is 9.85. The number of ether oxygens (including phenoxy) is 1. The molecule has 0 fully saturated rings. The average molecular weight is 434 g/mol. The number of amides is 1. The van der Waals surface area contributed by atoms with Crippen LogP contribution in [-0.2, 0) is 4.79 Å². The summed E-state index contributed by atoms with van der Waals surface area (Å²) in [6.45, 7) is 7.82. The highest BCUT2D eigenvalue weighted by molar-refractivity contribution is 7.14. The molecule has 4 rings (SSSR count). The summed E-state index contributed by atoms with van der Waals surface area (Å²) in [5, 5.41) is 16.9. The Morgan fingerprint density at radius 3 is 2.39 bits per heavy atom. The quantitative estimate of drug-likeness (QED) is 0.490. The second kappa shape index (κ2) is 8.39.